The Morgan fingerprint density at radius 2 is 1.92 bits per heavy atom. The van der Waals surface area contributed by atoms with Crippen molar-refractivity contribution >= 4 is 11.3 Å². The van der Waals surface area contributed by atoms with Crippen LogP contribution in [-0.2, 0) is 0 Å². The number of hydrogen-bond acceptors (Lipinski definition) is 2. The van der Waals surface area contributed by atoms with Gasteiger partial charge < -0.3 is 0 Å². The highest BCUT2D eigenvalue weighted by molar-refractivity contribution is 7.13. The van der Waals surface area contributed by atoms with Gasteiger partial charge in [-0.3, -0.25) is 0 Å². The molecule has 0 N–H and O–H groups in total. The molecule has 0 aliphatic carbocycles. The molecule has 2 radical (unpaired) electrons. The van der Waals surface area contributed by atoms with Gasteiger partial charge in [0.05, 0.1) is 5.69 Å². The van der Waals surface area contributed by atoms with E-state index >= 15 is 0 Å². The number of thiazole rings is 1. The zero-order valence-electron chi connectivity index (χ0n) is 6.40. The lowest BCUT2D eigenvalue weighted by Crippen LogP contribution is -1.74. The van der Waals surface area contributed by atoms with Gasteiger partial charge in [0.2, 0.25) is 0 Å². The average molecular weight is 173 g/mol. The van der Waals surface area contributed by atoms with Crippen LogP contribution in [0.2, 0.25) is 0 Å². The van der Waals surface area contributed by atoms with Crippen molar-refractivity contribution in [1.82, 2.24) is 4.98 Å². The molecule has 2 rings (SSSR count). The van der Waals surface area contributed by atoms with Crippen molar-refractivity contribution in [3.05, 3.63) is 48.3 Å². The first-order valence-electron chi connectivity index (χ1n) is 3.63. The summed E-state index contributed by atoms with van der Waals surface area (Å²) in [5.41, 5.74) is 1.72. The van der Waals surface area contributed by atoms with Crippen LogP contribution in [0.5, 0.6) is 0 Å². The van der Waals surface area contributed by atoms with Gasteiger partial charge in [0.15, 0.2) is 0 Å². The van der Waals surface area contributed by atoms with Crippen LogP contribution in [0.15, 0.2) is 35.7 Å². The minimum atomic E-state index is 0.596. The molecule has 0 atom stereocenters. The normalized spacial score (nSPS) is 10.1. The van der Waals surface area contributed by atoms with Crippen molar-refractivity contribution < 1.29 is 0 Å². The van der Waals surface area contributed by atoms with E-state index in [0.717, 1.165) is 10.6 Å². The van der Waals surface area contributed by atoms with E-state index in [1.54, 1.807) is 11.3 Å². The fourth-order valence-electron chi connectivity index (χ4n) is 0.999. The van der Waals surface area contributed by atoms with Crippen molar-refractivity contribution in [3.63, 3.8) is 0 Å². The number of nitrogens with zero attached hydrogens (tertiary/aromatic N) is 1. The number of hydrogen-bond donors (Lipinski definition) is 0. The molecule has 2 heteroatoms. The monoisotopic (exact) mass is 173 g/mol. The Morgan fingerprint density at radius 3 is 2.50 bits per heavy atom. The van der Waals surface area contributed by atoms with Crippen molar-refractivity contribution in [2.75, 3.05) is 0 Å². The standard InChI is InChI=1S/C10H7NS/c1-8-7-12-10(11-8)9-5-3-2-4-6-9/h1-7H. The Hall–Kier alpha value is -1.15. The second-order valence-electron chi connectivity index (χ2n) is 2.44. The minimum Gasteiger partial charge on any atom is -0.241 e. The van der Waals surface area contributed by atoms with Crippen LogP contribution in [0, 0.1) is 6.92 Å². The van der Waals surface area contributed by atoms with Crippen LogP contribution in [0.1, 0.15) is 5.69 Å². The molecule has 0 saturated carbocycles. The largest absolute Gasteiger partial charge is 0.241 e. The number of aromatic nitrogens is 1. The summed E-state index contributed by atoms with van der Waals surface area (Å²) in [5.74, 6) is 0. The quantitative estimate of drug-likeness (QED) is 0.646. The number of benzene rings is 1. The molecule has 0 bridgehead atoms. The second-order valence-corrected chi connectivity index (χ2v) is 3.30. The van der Waals surface area contributed by atoms with Crippen molar-refractivity contribution in [2.24, 2.45) is 0 Å². The van der Waals surface area contributed by atoms with Crippen LogP contribution in [0.3, 0.4) is 0 Å². The summed E-state index contributed by atoms with van der Waals surface area (Å²) in [5, 5.41) is 2.83. The van der Waals surface area contributed by atoms with Gasteiger partial charge in [-0.15, -0.1) is 11.3 Å². The van der Waals surface area contributed by atoms with Crippen LogP contribution >= 0.6 is 11.3 Å². The van der Waals surface area contributed by atoms with Gasteiger partial charge in [-0.2, -0.15) is 0 Å². The highest BCUT2D eigenvalue weighted by Crippen LogP contribution is 2.22. The smallest absolute Gasteiger partial charge is 0.123 e. The van der Waals surface area contributed by atoms with E-state index < -0.39 is 0 Å². The van der Waals surface area contributed by atoms with Crippen LogP contribution in [-0.4, -0.2) is 4.98 Å². The maximum Gasteiger partial charge on any atom is 0.123 e. The van der Waals surface area contributed by atoms with Crippen molar-refractivity contribution in [3.8, 4) is 10.6 Å². The first kappa shape index (κ1) is 7.50. The molecule has 58 valence electrons. The Labute approximate surface area is 75.7 Å². The molecule has 12 heavy (non-hydrogen) atoms. The van der Waals surface area contributed by atoms with Crippen LogP contribution < -0.4 is 0 Å². The van der Waals surface area contributed by atoms with Gasteiger partial charge in [-0.25, -0.2) is 4.98 Å². The topological polar surface area (TPSA) is 12.9 Å². The predicted molar refractivity (Wildman–Crippen MR) is 51.0 cm³/mol. The van der Waals surface area contributed by atoms with Gasteiger partial charge in [0.25, 0.3) is 0 Å². The Kier molecular flexibility index (Phi) is 1.92. The molecule has 0 aliphatic rings. The van der Waals surface area contributed by atoms with E-state index in [1.807, 2.05) is 35.7 Å². The van der Waals surface area contributed by atoms with Gasteiger partial charge >= 0.3 is 0 Å². The fourth-order valence-corrected chi connectivity index (χ4v) is 1.71. The third-order valence-corrected chi connectivity index (χ3v) is 2.45. The average Bonchev–Trinajstić information content (AvgIpc) is 2.54. The van der Waals surface area contributed by atoms with E-state index in [0.29, 0.717) is 5.69 Å². The molecule has 0 amide bonds. The summed E-state index contributed by atoms with van der Waals surface area (Å²) in [6.07, 6.45) is 0. The van der Waals surface area contributed by atoms with E-state index in [-0.39, 0.29) is 0 Å². The molecule has 1 heterocycles. The Balaban J connectivity index is 2.45. The molecule has 0 aliphatic heterocycles. The van der Waals surface area contributed by atoms with Gasteiger partial charge in [0.1, 0.15) is 5.01 Å². The van der Waals surface area contributed by atoms with Crippen LogP contribution in [0.25, 0.3) is 10.6 Å². The summed E-state index contributed by atoms with van der Waals surface area (Å²) in [6.45, 7) is 5.52. The molecule has 0 saturated heterocycles. The molecule has 0 unspecified atom stereocenters. The molecule has 0 fully saturated rings. The molecule has 2 aromatic rings. The van der Waals surface area contributed by atoms with Crippen molar-refractivity contribution in [1.29, 1.82) is 0 Å². The first-order chi connectivity index (χ1) is 5.86. The van der Waals surface area contributed by atoms with E-state index in [1.165, 1.54) is 0 Å². The highest BCUT2D eigenvalue weighted by Gasteiger charge is 1.99. The predicted octanol–water partition coefficient (Wildman–Crippen LogP) is 2.87. The maximum atomic E-state index is 5.52. The Bertz CT molecular complexity index is 364. The third-order valence-electron chi connectivity index (χ3n) is 1.54. The van der Waals surface area contributed by atoms with E-state index in [9.17, 15) is 0 Å². The van der Waals surface area contributed by atoms with Gasteiger partial charge in [0, 0.05) is 17.9 Å². The van der Waals surface area contributed by atoms with Gasteiger partial charge in [-0.05, 0) is 0 Å². The summed E-state index contributed by atoms with van der Waals surface area (Å²) in [7, 11) is 0. The molecular formula is C10H7NS. The molecular weight excluding hydrogens is 166 g/mol. The maximum absolute atomic E-state index is 5.52. The first-order valence-corrected chi connectivity index (χ1v) is 4.50. The molecule has 1 nitrogen and oxygen atoms in total. The number of rotatable bonds is 1. The lowest BCUT2D eigenvalue weighted by molar-refractivity contribution is 1.35. The third kappa shape index (κ3) is 1.38. The van der Waals surface area contributed by atoms with E-state index in [4.69, 9.17) is 6.92 Å². The van der Waals surface area contributed by atoms with Crippen molar-refractivity contribution in [2.45, 2.75) is 0 Å². The summed E-state index contributed by atoms with van der Waals surface area (Å²) < 4.78 is 0. The summed E-state index contributed by atoms with van der Waals surface area (Å²) in [4.78, 5) is 4.18. The molecule has 1 aromatic carbocycles. The van der Waals surface area contributed by atoms with Crippen LogP contribution in [0.4, 0.5) is 0 Å². The van der Waals surface area contributed by atoms with E-state index in [2.05, 4.69) is 4.98 Å². The molecule has 1 aromatic heterocycles. The Morgan fingerprint density at radius 1 is 1.17 bits per heavy atom. The lowest BCUT2D eigenvalue weighted by Gasteiger charge is -1.92. The highest BCUT2D eigenvalue weighted by atomic mass is 32.1. The zero-order chi connectivity index (χ0) is 8.39. The minimum absolute atomic E-state index is 0.596. The zero-order valence-corrected chi connectivity index (χ0v) is 7.21. The summed E-state index contributed by atoms with van der Waals surface area (Å²) >= 11 is 1.57. The molecule has 0 spiro atoms. The lowest BCUT2D eigenvalue weighted by atomic mass is 10.2. The second kappa shape index (κ2) is 3.07. The fraction of sp³-hybridized carbons (Fsp3) is 0. The van der Waals surface area contributed by atoms with Gasteiger partial charge in [-0.1, -0.05) is 30.3 Å². The summed E-state index contributed by atoms with van der Waals surface area (Å²) in [6, 6.07) is 10.0. The SMILES string of the molecule is [CH]c1csc(-c2ccccc2)n1.